The van der Waals surface area contributed by atoms with Crippen LogP contribution in [0.15, 0.2) is 0 Å². The smallest absolute Gasteiger partial charge is 0.410 e. The molecule has 0 aromatic heterocycles. The monoisotopic (exact) mass is 310 g/mol. The number of ether oxygens (including phenoxy) is 1. The summed E-state index contributed by atoms with van der Waals surface area (Å²) in [5.74, 6) is 0.833. The van der Waals surface area contributed by atoms with Crippen LogP contribution in [0.4, 0.5) is 4.79 Å². The van der Waals surface area contributed by atoms with Gasteiger partial charge in [0.15, 0.2) is 0 Å². The molecule has 2 aliphatic rings. The van der Waals surface area contributed by atoms with Crippen molar-refractivity contribution < 1.29 is 14.3 Å². The zero-order chi connectivity index (χ0) is 16.1. The van der Waals surface area contributed by atoms with E-state index >= 15 is 0 Å². The van der Waals surface area contributed by atoms with Crippen LogP contribution >= 0.6 is 0 Å². The summed E-state index contributed by atoms with van der Waals surface area (Å²) in [5.41, 5.74) is 0. The lowest BCUT2D eigenvalue weighted by molar-refractivity contribution is -0.126. The van der Waals surface area contributed by atoms with Crippen molar-refractivity contribution in [3.63, 3.8) is 0 Å². The van der Waals surface area contributed by atoms with Crippen molar-refractivity contribution in [3.8, 4) is 0 Å². The average molecular weight is 310 g/mol. The van der Waals surface area contributed by atoms with Crippen LogP contribution in [0.2, 0.25) is 0 Å². The number of nitrogens with one attached hydrogen (secondary N) is 1. The number of nitrogens with zero attached hydrogens (tertiary/aromatic N) is 1. The highest BCUT2D eigenvalue weighted by Gasteiger charge is 2.36. The zero-order valence-corrected chi connectivity index (χ0v) is 14.1. The summed E-state index contributed by atoms with van der Waals surface area (Å²) in [7, 11) is 0. The van der Waals surface area contributed by atoms with E-state index < -0.39 is 0 Å². The maximum atomic E-state index is 12.6. The van der Waals surface area contributed by atoms with E-state index in [0.29, 0.717) is 25.0 Å². The number of hydrogen-bond acceptors (Lipinski definition) is 3. The topological polar surface area (TPSA) is 58.6 Å². The van der Waals surface area contributed by atoms with E-state index in [4.69, 9.17) is 4.74 Å². The Labute approximate surface area is 133 Å². The second kappa shape index (κ2) is 7.84. The highest BCUT2D eigenvalue weighted by molar-refractivity contribution is 5.86. The minimum atomic E-state index is -0.353. The molecule has 126 valence electrons. The molecule has 3 atom stereocenters. The number of rotatable bonds is 4. The molecule has 1 aliphatic carbocycles. The van der Waals surface area contributed by atoms with Gasteiger partial charge in [0.25, 0.3) is 0 Å². The third-order valence-electron chi connectivity index (χ3n) is 4.77. The summed E-state index contributed by atoms with van der Waals surface area (Å²) in [4.78, 5) is 26.3. The van der Waals surface area contributed by atoms with Crippen LogP contribution in [0, 0.1) is 11.8 Å². The van der Waals surface area contributed by atoms with Gasteiger partial charge in [-0.05, 0) is 37.5 Å². The van der Waals surface area contributed by atoms with Crippen LogP contribution in [0.25, 0.3) is 0 Å². The Morgan fingerprint density at radius 3 is 2.59 bits per heavy atom. The molecule has 22 heavy (non-hydrogen) atoms. The van der Waals surface area contributed by atoms with Crippen molar-refractivity contribution in [2.45, 2.75) is 71.4 Å². The molecule has 0 bridgehead atoms. The van der Waals surface area contributed by atoms with E-state index in [-0.39, 0.29) is 24.1 Å². The van der Waals surface area contributed by atoms with Crippen molar-refractivity contribution in [3.05, 3.63) is 0 Å². The van der Waals surface area contributed by atoms with Crippen LogP contribution in [-0.2, 0) is 9.53 Å². The van der Waals surface area contributed by atoms with Gasteiger partial charge in [0, 0.05) is 12.6 Å². The van der Waals surface area contributed by atoms with Crippen LogP contribution in [0.1, 0.15) is 59.3 Å². The number of carbonyl (C=O) groups is 2. The SMILES string of the molecule is CC(C)COC(=O)N1CCC[C@@H]1C(=O)N[C@@H]1CCCC[C@@H]1C. The fourth-order valence-electron chi connectivity index (χ4n) is 3.39. The van der Waals surface area contributed by atoms with E-state index in [1.54, 1.807) is 4.90 Å². The van der Waals surface area contributed by atoms with Crippen molar-refractivity contribution in [1.82, 2.24) is 10.2 Å². The summed E-state index contributed by atoms with van der Waals surface area (Å²) in [5, 5.41) is 3.17. The van der Waals surface area contributed by atoms with Crippen LogP contribution in [0.3, 0.4) is 0 Å². The molecule has 1 aliphatic heterocycles. The van der Waals surface area contributed by atoms with E-state index in [1.165, 1.54) is 19.3 Å². The van der Waals surface area contributed by atoms with Crippen molar-refractivity contribution >= 4 is 12.0 Å². The second-order valence-corrected chi connectivity index (χ2v) is 7.20. The van der Waals surface area contributed by atoms with Crippen LogP contribution < -0.4 is 5.32 Å². The molecule has 2 amide bonds. The minimum Gasteiger partial charge on any atom is -0.449 e. The molecule has 1 N–H and O–H groups in total. The van der Waals surface area contributed by atoms with Crippen LogP contribution in [0.5, 0.6) is 0 Å². The molecule has 5 heteroatoms. The third kappa shape index (κ3) is 4.37. The van der Waals surface area contributed by atoms with Crippen molar-refractivity contribution in [2.24, 2.45) is 11.8 Å². The van der Waals surface area contributed by atoms with E-state index in [9.17, 15) is 9.59 Å². The number of carbonyl (C=O) groups excluding carboxylic acids is 2. The third-order valence-corrected chi connectivity index (χ3v) is 4.77. The predicted octanol–water partition coefficient (Wildman–Crippen LogP) is 2.94. The normalized spacial score (nSPS) is 28.7. The molecular weight excluding hydrogens is 280 g/mol. The Kier molecular flexibility index (Phi) is 6.09. The summed E-state index contributed by atoms with van der Waals surface area (Å²) in [6.07, 6.45) is 5.93. The number of amides is 2. The number of likely N-dealkylation sites (tertiary alicyclic amines) is 1. The Balaban J connectivity index is 1.88. The first-order chi connectivity index (χ1) is 10.5. The van der Waals surface area contributed by atoms with Gasteiger partial charge in [-0.3, -0.25) is 9.69 Å². The van der Waals surface area contributed by atoms with E-state index in [2.05, 4.69) is 12.2 Å². The second-order valence-electron chi connectivity index (χ2n) is 7.20. The van der Waals surface area contributed by atoms with Gasteiger partial charge in [-0.2, -0.15) is 0 Å². The summed E-state index contributed by atoms with van der Waals surface area (Å²) in [6, 6.07) is -0.0934. The largest absolute Gasteiger partial charge is 0.449 e. The van der Waals surface area contributed by atoms with E-state index in [0.717, 1.165) is 19.3 Å². The van der Waals surface area contributed by atoms with Crippen molar-refractivity contribution in [1.29, 1.82) is 0 Å². The fourth-order valence-corrected chi connectivity index (χ4v) is 3.39. The summed E-state index contributed by atoms with van der Waals surface area (Å²) < 4.78 is 5.29. The summed E-state index contributed by atoms with van der Waals surface area (Å²) >= 11 is 0. The molecule has 0 aromatic carbocycles. The lowest BCUT2D eigenvalue weighted by Gasteiger charge is -2.32. The molecule has 2 rings (SSSR count). The Hall–Kier alpha value is -1.26. The Morgan fingerprint density at radius 2 is 1.91 bits per heavy atom. The van der Waals surface area contributed by atoms with Gasteiger partial charge < -0.3 is 10.1 Å². The lowest BCUT2D eigenvalue weighted by atomic mass is 9.86. The molecule has 5 nitrogen and oxygen atoms in total. The molecule has 0 unspecified atom stereocenters. The van der Waals surface area contributed by atoms with Gasteiger partial charge in [0.05, 0.1) is 6.61 Å². The van der Waals surface area contributed by atoms with E-state index in [1.807, 2.05) is 13.8 Å². The highest BCUT2D eigenvalue weighted by Crippen LogP contribution is 2.25. The molecule has 1 saturated heterocycles. The molecule has 0 aromatic rings. The van der Waals surface area contributed by atoms with Gasteiger partial charge >= 0.3 is 6.09 Å². The van der Waals surface area contributed by atoms with Gasteiger partial charge in [0.1, 0.15) is 6.04 Å². The first-order valence-corrected chi connectivity index (χ1v) is 8.72. The quantitative estimate of drug-likeness (QED) is 0.868. The molecular formula is C17H30N2O3. The molecule has 0 spiro atoms. The Bertz CT molecular complexity index is 397. The molecule has 2 fully saturated rings. The highest BCUT2D eigenvalue weighted by atomic mass is 16.6. The lowest BCUT2D eigenvalue weighted by Crippen LogP contribution is -2.51. The molecule has 1 heterocycles. The maximum Gasteiger partial charge on any atom is 0.410 e. The Morgan fingerprint density at radius 1 is 1.18 bits per heavy atom. The average Bonchev–Trinajstić information content (AvgIpc) is 2.96. The van der Waals surface area contributed by atoms with Crippen molar-refractivity contribution in [2.75, 3.05) is 13.2 Å². The molecule has 0 radical (unpaired) electrons. The first kappa shape index (κ1) is 17.1. The predicted molar refractivity (Wildman–Crippen MR) is 85.5 cm³/mol. The van der Waals surface area contributed by atoms with Gasteiger partial charge in [-0.15, -0.1) is 0 Å². The van der Waals surface area contributed by atoms with Gasteiger partial charge in [-0.25, -0.2) is 4.79 Å². The molecule has 1 saturated carbocycles. The fraction of sp³-hybridized carbons (Fsp3) is 0.882. The van der Waals surface area contributed by atoms with Gasteiger partial charge in [0.2, 0.25) is 5.91 Å². The first-order valence-electron chi connectivity index (χ1n) is 8.72. The van der Waals surface area contributed by atoms with Crippen LogP contribution in [-0.4, -0.2) is 42.1 Å². The number of hydrogen-bond donors (Lipinski definition) is 1. The maximum absolute atomic E-state index is 12.6. The van der Waals surface area contributed by atoms with Gasteiger partial charge in [-0.1, -0.05) is 33.6 Å². The summed E-state index contributed by atoms with van der Waals surface area (Å²) in [6.45, 7) is 7.24. The zero-order valence-electron chi connectivity index (χ0n) is 14.1. The standard InChI is InChI=1S/C17H30N2O3/c1-12(2)11-22-17(21)19-10-6-9-15(19)16(20)18-14-8-5-4-7-13(14)3/h12-15H,4-11H2,1-3H3,(H,18,20)/t13-,14+,15+/m0/s1. The minimum absolute atomic E-state index is 0.00209.